The molecule has 4 nitrogen and oxygen atoms in total. The Morgan fingerprint density at radius 3 is 2.19 bits per heavy atom. The minimum absolute atomic E-state index is 0.270. The molecule has 0 saturated carbocycles. The van der Waals surface area contributed by atoms with Gasteiger partial charge in [-0.3, -0.25) is 14.6 Å². The number of fused-ring (bicyclic) bond motifs is 1. The van der Waals surface area contributed by atoms with Gasteiger partial charge in [0.2, 0.25) is 5.91 Å². The molecule has 0 radical (unpaired) electrons. The van der Waals surface area contributed by atoms with Gasteiger partial charge in [0.15, 0.2) is 0 Å². The number of rotatable bonds is 4. The molecule has 1 amide bonds. The van der Waals surface area contributed by atoms with Crippen LogP contribution in [0.4, 0.5) is 0 Å². The molecule has 1 aliphatic carbocycles. The van der Waals surface area contributed by atoms with Crippen LogP contribution in [0.5, 0.6) is 0 Å². The zero-order chi connectivity index (χ0) is 21.9. The summed E-state index contributed by atoms with van der Waals surface area (Å²) in [5.41, 5.74) is 4.14. The fraction of sp³-hybridized carbons (Fsp3) is 0.519. The van der Waals surface area contributed by atoms with Gasteiger partial charge >= 0.3 is 0 Å². The Kier molecular flexibility index (Phi) is 6.82. The number of amides is 1. The van der Waals surface area contributed by atoms with Crippen molar-refractivity contribution in [2.75, 3.05) is 32.7 Å². The summed E-state index contributed by atoms with van der Waals surface area (Å²) < 4.78 is 0. The first-order chi connectivity index (χ1) is 15.7. The maximum Gasteiger partial charge on any atom is 0.222 e. The molecule has 5 rings (SSSR count). The van der Waals surface area contributed by atoms with Crippen LogP contribution in [-0.4, -0.2) is 65.4 Å². The van der Waals surface area contributed by atoms with E-state index in [1.807, 2.05) is 29.2 Å². The summed E-state index contributed by atoms with van der Waals surface area (Å²) in [5, 5.41) is 0.752. The van der Waals surface area contributed by atoms with Crippen LogP contribution in [0.2, 0.25) is 5.02 Å². The molecular weight excluding hydrogens is 418 g/mol. The molecule has 0 spiro atoms. The van der Waals surface area contributed by atoms with Crippen LogP contribution < -0.4 is 0 Å². The molecule has 2 aromatic rings. The molecule has 2 fully saturated rings. The summed E-state index contributed by atoms with van der Waals surface area (Å²) in [5.74, 6) is 0.270. The Hall–Kier alpha value is -1.88. The van der Waals surface area contributed by atoms with Gasteiger partial charge in [0.05, 0.1) is 0 Å². The number of benzene rings is 2. The second-order valence-electron chi connectivity index (χ2n) is 9.63. The highest BCUT2D eigenvalue weighted by Gasteiger charge is 2.31. The highest BCUT2D eigenvalue weighted by Crippen LogP contribution is 2.27. The average molecular weight is 452 g/mol. The zero-order valence-electron chi connectivity index (χ0n) is 18.9. The van der Waals surface area contributed by atoms with Gasteiger partial charge in [-0.1, -0.05) is 54.1 Å². The van der Waals surface area contributed by atoms with E-state index in [4.69, 9.17) is 11.6 Å². The smallest absolute Gasteiger partial charge is 0.222 e. The molecular formula is C27H34ClN3O. The topological polar surface area (TPSA) is 26.8 Å². The van der Waals surface area contributed by atoms with Gasteiger partial charge in [0.1, 0.15) is 0 Å². The quantitative estimate of drug-likeness (QED) is 0.689. The van der Waals surface area contributed by atoms with Crippen molar-refractivity contribution < 1.29 is 4.79 Å². The fourth-order valence-corrected chi connectivity index (χ4v) is 6.04. The van der Waals surface area contributed by atoms with Gasteiger partial charge in [-0.2, -0.15) is 0 Å². The van der Waals surface area contributed by atoms with Crippen LogP contribution in [0.25, 0.3) is 0 Å². The Morgan fingerprint density at radius 2 is 1.41 bits per heavy atom. The minimum Gasteiger partial charge on any atom is -0.338 e. The van der Waals surface area contributed by atoms with E-state index < -0.39 is 0 Å². The third kappa shape index (κ3) is 4.88. The van der Waals surface area contributed by atoms with Crippen molar-refractivity contribution in [2.45, 2.75) is 57.2 Å². The largest absolute Gasteiger partial charge is 0.338 e. The van der Waals surface area contributed by atoms with E-state index in [-0.39, 0.29) is 5.91 Å². The van der Waals surface area contributed by atoms with Crippen molar-refractivity contribution in [3.63, 3.8) is 0 Å². The molecule has 32 heavy (non-hydrogen) atoms. The SMILES string of the molecule is O=C1CCC(N2CCN(C3CCc4ccccc4C3)CC2)CCN1Cc1ccccc1Cl. The molecule has 170 valence electrons. The minimum atomic E-state index is 0.270. The normalized spacial score (nSPS) is 25.4. The summed E-state index contributed by atoms with van der Waals surface area (Å²) in [4.78, 5) is 20.2. The predicted octanol–water partition coefficient (Wildman–Crippen LogP) is 4.40. The molecule has 5 heteroatoms. The highest BCUT2D eigenvalue weighted by atomic mass is 35.5. The van der Waals surface area contributed by atoms with Gasteiger partial charge in [-0.15, -0.1) is 0 Å². The molecule has 2 aliphatic heterocycles. The standard InChI is InChI=1S/C27H34ClN3O/c28-26-8-4-3-7-23(26)20-31-14-13-24(11-12-27(31)32)29-15-17-30(18-16-29)25-10-9-21-5-1-2-6-22(21)19-25/h1-8,24-25H,9-20H2. The number of piperazine rings is 1. The van der Waals surface area contributed by atoms with Crippen LogP contribution in [0.3, 0.4) is 0 Å². The lowest BCUT2D eigenvalue weighted by atomic mass is 9.87. The molecule has 0 bridgehead atoms. The van der Waals surface area contributed by atoms with Crippen molar-refractivity contribution in [1.29, 1.82) is 0 Å². The molecule has 2 heterocycles. The van der Waals surface area contributed by atoms with Gasteiger partial charge in [-0.25, -0.2) is 0 Å². The lowest BCUT2D eigenvalue weighted by molar-refractivity contribution is -0.131. The molecule has 2 aromatic carbocycles. The molecule has 2 unspecified atom stereocenters. The van der Waals surface area contributed by atoms with E-state index in [2.05, 4.69) is 34.1 Å². The van der Waals surface area contributed by atoms with Crippen LogP contribution in [0.1, 0.15) is 42.4 Å². The average Bonchev–Trinajstić information content (AvgIpc) is 3.02. The van der Waals surface area contributed by atoms with Crippen LogP contribution in [-0.2, 0) is 24.2 Å². The van der Waals surface area contributed by atoms with Gasteiger partial charge in [0.25, 0.3) is 0 Å². The van der Waals surface area contributed by atoms with Crippen molar-refractivity contribution >= 4 is 17.5 Å². The number of aryl methyl sites for hydroxylation is 1. The van der Waals surface area contributed by atoms with E-state index in [0.29, 0.717) is 25.0 Å². The Bertz CT molecular complexity index is 940. The van der Waals surface area contributed by atoms with Crippen molar-refractivity contribution in [2.24, 2.45) is 0 Å². The first-order valence-electron chi connectivity index (χ1n) is 12.2. The van der Waals surface area contributed by atoms with E-state index in [1.165, 1.54) is 19.3 Å². The van der Waals surface area contributed by atoms with E-state index in [1.54, 1.807) is 11.1 Å². The molecule has 0 N–H and O–H groups in total. The summed E-state index contributed by atoms with van der Waals surface area (Å²) in [6.45, 7) is 6.01. The number of carbonyl (C=O) groups is 1. The third-order valence-corrected chi connectivity index (χ3v) is 8.17. The molecule has 2 saturated heterocycles. The number of likely N-dealkylation sites (tertiary alicyclic amines) is 1. The van der Waals surface area contributed by atoms with Crippen molar-refractivity contribution in [3.05, 3.63) is 70.2 Å². The first-order valence-corrected chi connectivity index (χ1v) is 12.6. The molecule has 0 aromatic heterocycles. The van der Waals surface area contributed by atoms with Crippen LogP contribution >= 0.6 is 11.6 Å². The number of hydrogen-bond donors (Lipinski definition) is 0. The monoisotopic (exact) mass is 451 g/mol. The molecule has 2 atom stereocenters. The van der Waals surface area contributed by atoms with Crippen molar-refractivity contribution in [1.82, 2.24) is 14.7 Å². The van der Waals surface area contributed by atoms with Gasteiger partial charge in [-0.05, 0) is 54.9 Å². The maximum atomic E-state index is 12.8. The van der Waals surface area contributed by atoms with Gasteiger partial charge in [0, 0.05) is 62.8 Å². The first kappa shape index (κ1) is 21.9. The Labute approximate surface area is 197 Å². The number of nitrogens with zero attached hydrogens (tertiary/aromatic N) is 3. The maximum absolute atomic E-state index is 12.8. The summed E-state index contributed by atoms with van der Waals surface area (Å²) in [6, 6.07) is 18.0. The number of halogens is 1. The van der Waals surface area contributed by atoms with E-state index >= 15 is 0 Å². The van der Waals surface area contributed by atoms with E-state index in [9.17, 15) is 4.79 Å². The summed E-state index contributed by atoms with van der Waals surface area (Å²) in [6.07, 6.45) is 6.39. The molecule has 3 aliphatic rings. The van der Waals surface area contributed by atoms with Crippen LogP contribution in [0.15, 0.2) is 48.5 Å². The number of carbonyl (C=O) groups excluding carboxylic acids is 1. The lowest BCUT2D eigenvalue weighted by Crippen LogP contribution is -2.54. The number of hydrogen-bond acceptors (Lipinski definition) is 3. The predicted molar refractivity (Wildman–Crippen MR) is 130 cm³/mol. The summed E-state index contributed by atoms with van der Waals surface area (Å²) in [7, 11) is 0. The Balaban J connectivity index is 1.14. The van der Waals surface area contributed by atoms with E-state index in [0.717, 1.165) is 56.2 Å². The summed E-state index contributed by atoms with van der Waals surface area (Å²) >= 11 is 6.34. The fourth-order valence-electron chi connectivity index (χ4n) is 5.84. The van der Waals surface area contributed by atoms with Crippen LogP contribution in [0, 0.1) is 0 Å². The zero-order valence-corrected chi connectivity index (χ0v) is 19.6. The van der Waals surface area contributed by atoms with Gasteiger partial charge < -0.3 is 4.90 Å². The second kappa shape index (κ2) is 9.94. The lowest BCUT2D eigenvalue weighted by Gasteiger charge is -2.43. The van der Waals surface area contributed by atoms with Crippen molar-refractivity contribution in [3.8, 4) is 0 Å². The Morgan fingerprint density at radius 1 is 0.750 bits per heavy atom. The highest BCUT2D eigenvalue weighted by molar-refractivity contribution is 6.31. The second-order valence-corrected chi connectivity index (χ2v) is 10.0. The third-order valence-electron chi connectivity index (χ3n) is 7.80.